The minimum Gasteiger partial charge on any atom is -0.493 e. The first-order chi connectivity index (χ1) is 14.5. The van der Waals surface area contributed by atoms with Crippen molar-refractivity contribution in [1.82, 2.24) is 9.80 Å². The molecule has 0 aliphatic carbocycles. The second-order valence-electron chi connectivity index (χ2n) is 6.85. The Hall–Kier alpha value is -2.77. The first-order valence-corrected chi connectivity index (χ1v) is 9.95. The predicted molar refractivity (Wildman–Crippen MR) is 113 cm³/mol. The number of amides is 1. The maximum Gasteiger partial charge on any atom is 0.327 e. The van der Waals surface area contributed by atoms with Crippen LogP contribution in [0.2, 0.25) is 5.02 Å². The largest absolute Gasteiger partial charge is 0.493 e. The molecule has 2 aromatic carbocycles. The Balaban J connectivity index is 1.73. The van der Waals surface area contributed by atoms with Gasteiger partial charge in [0.05, 0.1) is 21.3 Å². The average molecular weight is 433 g/mol. The van der Waals surface area contributed by atoms with Crippen molar-refractivity contribution in [3.05, 3.63) is 58.6 Å². The van der Waals surface area contributed by atoms with Crippen LogP contribution in [0.4, 0.5) is 0 Å². The lowest BCUT2D eigenvalue weighted by Gasteiger charge is -2.38. The Bertz CT molecular complexity index is 912. The summed E-state index contributed by atoms with van der Waals surface area (Å²) in [4.78, 5) is 29.2. The van der Waals surface area contributed by atoms with E-state index >= 15 is 0 Å². The molecule has 1 atom stereocenters. The smallest absolute Gasteiger partial charge is 0.327 e. The molecule has 7 nitrogen and oxygen atoms in total. The number of halogens is 1. The third-order valence-electron chi connectivity index (χ3n) is 5.22. The van der Waals surface area contributed by atoms with Gasteiger partial charge in [0.1, 0.15) is 6.04 Å². The molecule has 0 bridgehead atoms. The highest BCUT2D eigenvalue weighted by Crippen LogP contribution is 2.31. The summed E-state index contributed by atoms with van der Waals surface area (Å²) in [7, 11) is 4.45. The molecule has 0 aromatic heterocycles. The highest BCUT2D eigenvalue weighted by atomic mass is 35.5. The lowest BCUT2D eigenvalue weighted by Crippen LogP contribution is -2.51. The molecule has 1 amide bonds. The molecule has 1 fully saturated rings. The van der Waals surface area contributed by atoms with Crippen LogP contribution in [-0.4, -0.2) is 69.2 Å². The molecule has 160 valence electrons. The number of carbonyl (C=O) groups is 2. The number of rotatable bonds is 6. The molecule has 0 spiro atoms. The van der Waals surface area contributed by atoms with Gasteiger partial charge in [0.15, 0.2) is 11.5 Å². The molecule has 1 saturated heterocycles. The van der Waals surface area contributed by atoms with Crippen molar-refractivity contribution in [2.75, 3.05) is 47.5 Å². The molecular formula is C22H25ClN2O5. The van der Waals surface area contributed by atoms with Gasteiger partial charge in [0.25, 0.3) is 5.91 Å². The first-order valence-electron chi connectivity index (χ1n) is 9.57. The highest BCUT2D eigenvalue weighted by Gasteiger charge is 2.33. The Morgan fingerprint density at radius 3 is 2.20 bits per heavy atom. The van der Waals surface area contributed by atoms with E-state index in [4.69, 9.17) is 25.8 Å². The summed E-state index contributed by atoms with van der Waals surface area (Å²) in [5.74, 6) is 0.608. The maximum atomic E-state index is 13.0. The van der Waals surface area contributed by atoms with Gasteiger partial charge in [-0.15, -0.1) is 0 Å². The van der Waals surface area contributed by atoms with Crippen LogP contribution < -0.4 is 9.47 Å². The molecule has 1 unspecified atom stereocenters. The fraction of sp³-hybridized carbons (Fsp3) is 0.364. The van der Waals surface area contributed by atoms with Gasteiger partial charge in [-0.05, 0) is 29.8 Å². The van der Waals surface area contributed by atoms with Crippen molar-refractivity contribution in [2.45, 2.75) is 6.04 Å². The second-order valence-corrected chi connectivity index (χ2v) is 7.25. The number of hydrogen-bond acceptors (Lipinski definition) is 6. The third-order valence-corrected chi connectivity index (χ3v) is 5.57. The molecule has 0 saturated carbocycles. The normalized spacial score (nSPS) is 15.4. The van der Waals surface area contributed by atoms with Crippen LogP contribution in [0.25, 0.3) is 0 Å². The molecule has 0 radical (unpaired) electrons. The third kappa shape index (κ3) is 4.52. The molecule has 1 heterocycles. The second kappa shape index (κ2) is 9.82. The number of benzene rings is 2. The van der Waals surface area contributed by atoms with Gasteiger partial charge in [-0.2, -0.15) is 0 Å². The van der Waals surface area contributed by atoms with Crippen LogP contribution in [0.15, 0.2) is 42.5 Å². The minimum absolute atomic E-state index is 0.0945. The zero-order valence-corrected chi connectivity index (χ0v) is 18.0. The van der Waals surface area contributed by atoms with E-state index in [-0.39, 0.29) is 11.9 Å². The van der Waals surface area contributed by atoms with Gasteiger partial charge < -0.3 is 19.1 Å². The van der Waals surface area contributed by atoms with Crippen LogP contribution in [0.3, 0.4) is 0 Å². The average Bonchev–Trinajstić information content (AvgIpc) is 2.79. The van der Waals surface area contributed by atoms with E-state index in [2.05, 4.69) is 0 Å². The number of piperazine rings is 1. The van der Waals surface area contributed by atoms with Gasteiger partial charge in [0.2, 0.25) is 0 Å². The topological polar surface area (TPSA) is 68.3 Å². The minimum atomic E-state index is -0.609. The SMILES string of the molecule is COC(=O)C(c1ccccc1Cl)N1CCN(C(=O)c2ccc(OC)c(OC)c2)CC1. The lowest BCUT2D eigenvalue weighted by molar-refractivity contribution is -0.148. The van der Waals surface area contributed by atoms with Gasteiger partial charge in [-0.1, -0.05) is 29.8 Å². The van der Waals surface area contributed by atoms with E-state index in [9.17, 15) is 9.59 Å². The van der Waals surface area contributed by atoms with Crippen LogP contribution in [0.5, 0.6) is 11.5 Å². The quantitative estimate of drug-likeness (QED) is 0.653. The summed E-state index contributed by atoms with van der Waals surface area (Å²) in [6, 6.07) is 11.7. The standard InChI is InChI=1S/C22H25ClN2O5/c1-28-18-9-8-15(14-19(18)29-2)21(26)25-12-10-24(11-13-25)20(22(27)30-3)16-6-4-5-7-17(16)23/h4-9,14,20H,10-13H2,1-3H3. The summed E-state index contributed by atoms with van der Waals surface area (Å²) in [6.07, 6.45) is 0. The van der Waals surface area contributed by atoms with Gasteiger partial charge in [-0.3, -0.25) is 9.69 Å². The molecule has 3 rings (SSSR count). The van der Waals surface area contributed by atoms with Crippen LogP contribution >= 0.6 is 11.6 Å². The number of hydrogen-bond donors (Lipinski definition) is 0. The van der Waals surface area contributed by atoms with Crippen LogP contribution in [0, 0.1) is 0 Å². The Kier molecular flexibility index (Phi) is 7.18. The molecule has 1 aliphatic rings. The molecule has 2 aromatic rings. The van der Waals surface area contributed by atoms with E-state index in [0.29, 0.717) is 53.8 Å². The van der Waals surface area contributed by atoms with Crippen molar-refractivity contribution in [2.24, 2.45) is 0 Å². The number of ether oxygens (including phenoxy) is 3. The molecule has 1 aliphatic heterocycles. The molecule has 30 heavy (non-hydrogen) atoms. The summed E-state index contributed by atoms with van der Waals surface area (Å²) in [5, 5.41) is 0.511. The molecule has 8 heteroatoms. The Morgan fingerprint density at radius 2 is 1.60 bits per heavy atom. The van der Waals surface area contributed by atoms with Crippen molar-refractivity contribution in [1.29, 1.82) is 0 Å². The van der Waals surface area contributed by atoms with E-state index in [1.165, 1.54) is 14.2 Å². The fourth-order valence-electron chi connectivity index (χ4n) is 3.62. The van der Waals surface area contributed by atoms with Gasteiger partial charge in [0, 0.05) is 36.8 Å². The molecule has 0 N–H and O–H groups in total. The van der Waals surface area contributed by atoms with Crippen LogP contribution in [-0.2, 0) is 9.53 Å². The summed E-state index contributed by atoms with van der Waals surface area (Å²) >= 11 is 6.33. The monoisotopic (exact) mass is 432 g/mol. The van der Waals surface area contributed by atoms with Crippen molar-refractivity contribution in [3.63, 3.8) is 0 Å². The fourth-order valence-corrected chi connectivity index (χ4v) is 3.86. The van der Waals surface area contributed by atoms with Crippen molar-refractivity contribution < 1.29 is 23.8 Å². The number of methoxy groups -OCH3 is 3. The number of carbonyl (C=O) groups excluding carboxylic acids is 2. The zero-order valence-electron chi connectivity index (χ0n) is 17.3. The van der Waals surface area contributed by atoms with E-state index in [0.717, 1.165) is 0 Å². The van der Waals surface area contributed by atoms with Gasteiger partial charge in [-0.25, -0.2) is 4.79 Å². The van der Waals surface area contributed by atoms with Crippen molar-refractivity contribution >= 4 is 23.5 Å². The first kappa shape index (κ1) is 21.9. The van der Waals surface area contributed by atoms with E-state index in [1.54, 1.807) is 36.3 Å². The molecular weight excluding hydrogens is 408 g/mol. The van der Waals surface area contributed by atoms with Gasteiger partial charge >= 0.3 is 5.97 Å². The Morgan fingerprint density at radius 1 is 0.933 bits per heavy atom. The summed E-state index contributed by atoms with van der Waals surface area (Å²) in [5.41, 5.74) is 1.22. The highest BCUT2D eigenvalue weighted by molar-refractivity contribution is 6.31. The van der Waals surface area contributed by atoms with Crippen molar-refractivity contribution in [3.8, 4) is 11.5 Å². The number of esters is 1. The predicted octanol–water partition coefficient (Wildman–Crippen LogP) is 3.03. The lowest BCUT2D eigenvalue weighted by atomic mass is 10.0. The zero-order chi connectivity index (χ0) is 21.7. The van der Waals surface area contributed by atoms with Crippen LogP contribution in [0.1, 0.15) is 22.0 Å². The number of nitrogens with zero attached hydrogens (tertiary/aromatic N) is 2. The van der Waals surface area contributed by atoms with E-state index < -0.39 is 6.04 Å². The summed E-state index contributed by atoms with van der Waals surface area (Å²) in [6.45, 7) is 1.99. The Labute approximate surface area is 181 Å². The summed E-state index contributed by atoms with van der Waals surface area (Å²) < 4.78 is 15.5. The van der Waals surface area contributed by atoms with E-state index in [1.807, 2.05) is 23.1 Å². The maximum absolute atomic E-state index is 13.0.